The molecule has 4 aromatic heterocycles. The summed E-state index contributed by atoms with van der Waals surface area (Å²) in [6.45, 7) is 5.93. The Morgan fingerprint density at radius 3 is 2.72 bits per heavy atom. The van der Waals surface area contributed by atoms with Crippen LogP contribution in [0.25, 0.3) is 11.0 Å². The summed E-state index contributed by atoms with van der Waals surface area (Å²) in [7, 11) is 1.84. The largest absolute Gasteiger partial charge is 0.343 e. The lowest BCUT2D eigenvalue weighted by molar-refractivity contribution is 0.365. The van der Waals surface area contributed by atoms with Crippen molar-refractivity contribution < 1.29 is 4.39 Å². The number of H-pyrrole nitrogens is 1. The molecule has 0 spiro atoms. The molecule has 0 atom stereocenters. The number of hydrogen-bond acceptors (Lipinski definition) is 6. The van der Waals surface area contributed by atoms with Crippen LogP contribution in [0, 0.1) is 12.7 Å². The van der Waals surface area contributed by atoms with E-state index >= 15 is 0 Å². The molecular weight excluding hydrogens is 373 g/mol. The highest BCUT2D eigenvalue weighted by Gasteiger charge is 2.31. The topological polar surface area (TPSA) is 102 Å². The van der Waals surface area contributed by atoms with Crippen LogP contribution in [-0.4, -0.2) is 39.5 Å². The Bertz CT molecular complexity index is 1210. The molecule has 29 heavy (non-hydrogen) atoms. The summed E-state index contributed by atoms with van der Waals surface area (Å²) >= 11 is 0. The van der Waals surface area contributed by atoms with Gasteiger partial charge >= 0.3 is 0 Å². The minimum Gasteiger partial charge on any atom is -0.343 e. The number of aryl methyl sites for hydroxylation is 2. The predicted octanol–water partition coefficient (Wildman–Crippen LogP) is 3.13. The monoisotopic (exact) mass is 395 g/mol. The maximum absolute atomic E-state index is 14.2. The number of nitrogens with zero attached hydrogens (tertiary/aromatic N) is 7. The van der Waals surface area contributed by atoms with Crippen LogP contribution in [0.1, 0.15) is 49.8 Å². The summed E-state index contributed by atoms with van der Waals surface area (Å²) in [5, 5.41) is 12.8. The van der Waals surface area contributed by atoms with E-state index in [9.17, 15) is 4.39 Å². The maximum atomic E-state index is 14.2. The lowest BCUT2D eigenvalue weighted by Gasteiger charge is -2.21. The fourth-order valence-electron chi connectivity index (χ4n) is 3.44. The molecule has 0 saturated heterocycles. The Morgan fingerprint density at radius 1 is 1.24 bits per heavy atom. The molecule has 5 rings (SSSR count). The quantitative estimate of drug-likeness (QED) is 0.538. The van der Waals surface area contributed by atoms with Crippen LogP contribution >= 0.6 is 0 Å². The molecular formula is C19H22FN9. The number of anilines is 2. The van der Waals surface area contributed by atoms with Crippen molar-refractivity contribution in [2.24, 2.45) is 7.05 Å². The number of rotatable bonds is 5. The molecule has 1 aliphatic carbocycles. The summed E-state index contributed by atoms with van der Waals surface area (Å²) in [5.74, 6) is 1.09. The molecule has 0 radical (unpaired) electrons. The van der Waals surface area contributed by atoms with Gasteiger partial charge in [-0.2, -0.15) is 15.2 Å². The van der Waals surface area contributed by atoms with E-state index < -0.39 is 5.54 Å². The summed E-state index contributed by atoms with van der Waals surface area (Å²) < 4.78 is 17.7. The minimum absolute atomic E-state index is 0.296. The molecule has 10 heteroatoms. The van der Waals surface area contributed by atoms with Gasteiger partial charge in [0, 0.05) is 25.4 Å². The van der Waals surface area contributed by atoms with Crippen LogP contribution in [0.4, 0.5) is 16.0 Å². The Morgan fingerprint density at radius 2 is 2.03 bits per heavy atom. The Kier molecular flexibility index (Phi) is 3.74. The first kappa shape index (κ1) is 17.8. The third-order valence-electron chi connectivity index (χ3n) is 5.34. The van der Waals surface area contributed by atoms with E-state index in [2.05, 4.69) is 35.5 Å². The highest BCUT2D eigenvalue weighted by Crippen LogP contribution is 2.43. The summed E-state index contributed by atoms with van der Waals surface area (Å²) in [5.41, 5.74) is 2.31. The van der Waals surface area contributed by atoms with Gasteiger partial charge in [0.15, 0.2) is 11.6 Å². The smallest absolute Gasteiger partial charge is 0.229 e. The summed E-state index contributed by atoms with van der Waals surface area (Å²) in [4.78, 5) is 16.3. The van der Waals surface area contributed by atoms with Crippen LogP contribution in [0.2, 0.25) is 0 Å². The maximum Gasteiger partial charge on any atom is 0.229 e. The van der Waals surface area contributed by atoms with E-state index in [1.165, 1.54) is 6.20 Å². The zero-order chi connectivity index (χ0) is 20.3. The number of halogens is 1. The van der Waals surface area contributed by atoms with Crippen LogP contribution in [0.5, 0.6) is 0 Å². The van der Waals surface area contributed by atoms with Crippen LogP contribution in [0.3, 0.4) is 0 Å². The number of hydrogen-bond donors (Lipinski definition) is 2. The molecule has 1 fully saturated rings. The van der Waals surface area contributed by atoms with Crippen LogP contribution < -0.4 is 5.32 Å². The van der Waals surface area contributed by atoms with Gasteiger partial charge in [-0.05, 0) is 33.6 Å². The van der Waals surface area contributed by atoms with Gasteiger partial charge in [-0.3, -0.25) is 9.36 Å². The lowest BCUT2D eigenvalue weighted by Crippen LogP contribution is -2.30. The molecule has 9 nitrogen and oxygen atoms in total. The first-order valence-electron chi connectivity index (χ1n) is 9.57. The molecule has 0 bridgehead atoms. The molecule has 2 N–H and O–H groups in total. The number of nitrogens with one attached hydrogen (secondary N) is 2. The minimum atomic E-state index is -0.529. The van der Waals surface area contributed by atoms with Crippen molar-refractivity contribution in [2.45, 2.75) is 45.1 Å². The predicted molar refractivity (Wildman–Crippen MR) is 105 cm³/mol. The summed E-state index contributed by atoms with van der Waals surface area (Å²) in [6, 6.07) is 0. The number of aromatic amines is 1. The molecule has 1 aliphatic rings. The standard InChI is InChI=1S/C19H22FN9/c1-10-13(8-29(26-10)19(2,3)17-22-9-28(4)27-17)23-18-24-15(11-5-6-11)14-12(20)7-21-16(14)25-18/h7-9,11H,5-6H2,1-4H3,(H2,21,23,24,25). The first-order valence-corrected chi connectivity index (χ1v) is 9.57. The van der Waals surface area contributed by atoms with Gasteiger partial charge in [0.1, 0.15) is 17.5 Å². The molecule has 0 amide bonds. The molecule has 4 heterocycles. The molecule has 0 unspecified atom stereocenters. The molecule has 150 valence electrons. The van der Waals surface area contributed by atoms with Gasteiger partial charge < -0.3 is 10.3 Å². The third-order valence-corrected chi connectivity index (χ3v) is 5.34. The van der Waals surface area contributed by atoms with Crippen molar-refractivity contribution in [1.29, 1.82) is 0 Å². The fraction of sp³-hybridized carbons (Fsp3) is 0.421. The third kappa shape index (κ3) is 2.95. The average Bonchev–Trinajstić information content (AvgIpc) is 3.17. The SMILES string of the molecule is Cc1nn(C(C)(C)c2ncn(C)n2)cc1Nc1nc(C2CC2)c2c(F)c[nH]c2n1. The lowest BCUT2D eigenvalue weighted by atomic mass is 10.1. The van der Waals surface area contributed by atoms with E-state index in [1.807, 2.05) is 38.7 Å². The molecule has 4 aromatic rings. The van der Waals surface area contributed by atoms with Gasteiger partial charge in [-0.25, -0.2) is 14.4 Å². The summed E-state index contributed by atoms with van der Waals surface area (Å²) in [6.07, 6.45) is 6.95. The Balaban J connectivity index is 1.50. The van der Waals surface area contributed by atoms with Gasteiger partial charge in [-0.15, -0.1) is 0 Å². The van der Waals surface area contributed by atoms with Gasteiger partial charge in [0.2, 0.25) is 5.95 Å². The second-order valence-corrected chi connectivity index (χ2v) is 8.07. The van der Waals surface area contributed by atoms with Crippen molar-refractivity contribution >= 4 is 22.7 Å². The van der Waals surface area contributed by atoms with Crippen molar-refractivity contribution in [3.05, 3.63) is 41.8 Å². The van der Waals surface area contributed by atoms with E-state index in [1.54, 1.807) is 11.0 Å². The Labute approximate surface area is 166 Å². The van der Waals surface area contributed by atoms with Gasteiger partial charge in [-0.1, -0.05) is 0 Å². The zero-order valence-corrected chi connectivity index (χ0v) is 16.7. The number of aromatic nitrogens is 8. The van der Waals surface area contributed by atoms with E-state index in [4.69, 9.17) is 0 Å². The zero-order valence-electron chi connectivity index (χ0n) is 16.7. The van der Waals surface area contributed by atoms with Crippen LogP contribution in [-0.2, 0) is 12.6 Å². The van der Waals surface area contributed by atoms with Gasteiger partial charge in [0.05, 0.1) is 22.5 Å². The van der Waals surface area contributed by atoms with Crippen molar-refractivity contribution in [1.82, 2.24) is 39.5 Å². The average molecular weight is 395 g/mol. The van der Waals surface area contributed by atoms with E-state index in [0.717, 1.165) is 29.9 Å². The normalized spacial score (nSPS) is 14.7. The highest BCUT2D eigenvalue weighted by atomic mass is 19.1. The second-order valence-electron chi connectivity index (χ2n) is 8.07. The van der Waals surface area contributed by atoms with E-state index in [0.29, 0.717) is 28.7 Å². The van der Waals surface area contributed by atoms with Crippen LogP contribution in [0.15, 0.2) is 18.7 Å². The highest BCUT2D eigenvalue weighted by molar-refractivity contribution is 5.81. The second kappa shape index (κ2) is 6.10. The van der Waals surface area contributed by atoms with Gasteiger partial charge in [0.25, 0.3) is 0 Å². The molecule has 0 aromatic carbocycles. The van der Waals surface area contributed by atoms with Crippen molar-refractivity contribution in [2.75, 3.05) is 5.32 Å². The fourth-order valence-corrected chi connectivity index (χ4v) is 3.44. The first-order chi connectivity index (χ1) is 13.8. The van der Waals surface area contributed by atoms with Crippen molar-refractivity contribution in [3.8, 4) is 0 Å². The van der Waals surface area contributed by atoms with Crippen molar-refractivity contribution in [3.63, 3.8) is 0 Å². The van der Waals surface area contributed by atoms with E-state index in [-0.39, 0.29) is 5.82 Å². The Hall–Kier alpha value is -3.30. The molecule has 1 saturated carbocycles. The molecule has 0 aliphatic heterocycles. The number of fused-ring (bicyclic) bond motifs is 1.